The monoisotopic (exact) mass is 328 g/mol. The van der Waals surface area contributed by atoms with Crippen LogP contribution in [0, 0.1) is 11.7 Å². The van der Waals surface area contributed by atoms with Crippen molar-refractivity contribution in [3.8, 4) is 0 Å². The van der Waals surface area contributed by atoms with Gasteiger partial charge in [-0.1, -0.05) is 25.1 Å². The predicted molar refractivity (Wildman–Crippen MR) is 86.4 cm³/mol. The van der Waals surface area contributed by atoms with Crippen LogP contribution in [0.15, 0.2) is 24.3 Å². The van der Waals surface area contributed by atoms with Gasteiger partial charge in [-0.2, -0.15) is 0 Å². The molecular weight excluding hydrogens is 303 g/mol. The summed E-state index contributed by atoms with van der Waals surface area (Å²) in [6.07, 6.45) is 0.752. The van der Waals surface area contributed by atoms with E-state index < -0.39 is 10.0 Å². The number of piperidine rings is 1. The number of rotatable bonds is 5. The second-order valence-corrected chi connectivity index (χ2v) is 8.79. The van der Waals surface area contributed by atoms with Crippen LogP contribution < -0.4 is 5.32 Å². The molecule has 0 amide bonds. The van der Waals surface area contributed by atoms with Crippen LogP contribution in [-0.2, 0) is 16.6 Å². The van der Waals surface area contributed by atoms with Crippen LogP contribution in [0.2, 0.25) is 0 Å². The molecule has 0 aromatic heterocycles. The van der Waals surface area contributed by atoms with Gasteiger partial charge in [0.15, 0.2) is 0 Å². The van der Waals surface area contributed by atoms with Gasteiger partial charge in [0, 0.05) is 31.2 Å². The number of hydrogen-bond donors (Lipinski definition) is 1. The quantitative estimate of drug-likeness (QED) is 0.903. The molecule has 1 N–H and O–H groups in total. The molecule has 1 aliphatic heterocycles. The fourth-order valence-corrected chi connectivity index (χ4v) is 4.22. The van der Waals surface area contributed by atoms with Crippen molar-refractivity contribution in [2.24, 2.45) is 5.92 Å². The van der Waals surface area contributed by atoms with Gasteiger partial charge < -0.3 is 5.32 Å². The second kappa shape index (κ2) is 7.06. The Kier molecular flexibility index (Phi) is 5.58. The van der Waals surface area contributed by atoms with Crippen molar-refractivity contribution in [3.63, 3.8) is 0 Å². The predicted octanol–water partition coefficient (Wildman–Crippen LogP) is 2.36. The van der Waals surface area contributed by atoms with E-state index in [1.54, 1.807) is 30.3 Å². The lowest BCUT2D eigenvalue weighted by Crippen LogP contribution is -2.51. The molecular formula is C16H25FN2O2S. The maximum absolute atomic E-state index is 13.6. The summed E-state index contributed by atoms with van der Waals surface area (Å²) < 4.78 is 39.6. The fraction of sp³-hybridized carbons (Fsp3) is 0.625. The smallest absolute Gasteiger partial charge is 0.216 e. The summed E-state index contributed by atoms with van der Waals surface area (Å²) in [6, 6.07) is 6.93. The van der Waals surface area contributed by atoms with E-state index in [1.807, 2.05) is 13.0 Å². The molecule has 22 heavy (non-hydrogen) atoms. The number of benzene rings is 1. The molecule has 1 aromatic carbocycles. The number of nitrogens with zero attached hydrogens (tertiary/aromatic N) is 1. The van der Waals surface area contributed by atoms with Crippen LogP contribution in [0.1, 0.15) is 32.8 Å². The van der Waals surface area contributed by atoms with Gasteiger partial charge >= 0.3 is 0 Å². The van der Waals surface area contributed by atoms with E-state index in [-0.39, 0.29) is 23.0 Å². The highest BCUT2D eigenvalue weighted by atomic mass is 32.2. The summed E-state index contributed by atoms with van der Waals surface area (Å²) in [5.41, 5.74) is 0.645. The SMILES string of the molecule is CC(C)S(=O)(=O)N1CC[C@@H](NCc2ccccc2F)[C@@H](C)C1. The van der Waals surface area contributed by atoms with E-state index in [0.717, 1.165) is 6.42 Å². The molecule has 1 saturated heterocycles. The maximum Gasteiger partial charge on any atom is 0.216 e. The first-order valence-corrected chi connectivity index (χ1v) is 9.28. The molecule has 1 aliphatic rings. The molecule has 4 nitrogen and oxygen atoms in total. The van der Waals surface area contributed by atoms with Crippen molar-refractivity contribution in [2.75, 3.05) is 13.1 Å². The zero-order chi connectivity index (χ0) is 16.3. The first-order chi connectivity index (χ1) is 10.3. The van der Waals surface area contributed by atoms with E-state index in [0.29, 0.717) is 25.2 Å². The Hall–Kier alpha value is -0.980. The van der Waals surface area contributed by atoms with Gasteiger partial charge in [-0.15, -0.1) is 0 Å². The molecule has 0 radical (unpaired) electrons. The first kappa shape index (κ1) is 17.4. The average Bonchev–Trinajstić information content (AvgIpc) is 2.47. The summed E-state index contributed by atoms with van der Waals surface area (Å²) in [5.74, 6) is -0.00322. The molecule has 0 bridgehead atoms. The van der Waals surface area contributed by atoms with Crippen molar-refractivity contribution in [2.45, 2.75) is 45.0 Å². The highest BCUT2D eigenvalue weighted by Gasteiger charge is 2.33. The number of nitrogens with one attached hydrogen (secondary N) is 1. The molecule has 2 rings (SSSR count). The van der Waals surface area contributed by atoms with Gasteiger partial charge in [0.2, 0.25) is 10.0 Å². The molecule has 0 unspecified atom stereocenters. The van der Waals surface area contributed by atoms with Gasteiger partial charge in [-0.3, -0.25) is 0 Å². The molecule has 0 spiro atoms. The minimum atomic E-state index is -3.18. The minimum absolute atomic E-state index is 0.203. The zero-order valence-corrected chi connectivity index (χ0v) is 14.2. The van der Waals surface area contributed by atoms with E-state index in [1.165, 1.54) is 6.07 Å². The standard InChI is InChI=1S/C16H25FN2O2S/c1-12(2)22(20,21)19-9-8-16(13(3)11-19)18-10-14-6-4-5-7-15(14)17/h4-7,12-13,16,18H,8-11H2,1-3H3/t13-,16+/m0/s1. The van der Waals surface area contributed by atoms with Gasteiger partial charge in [0.05, 0.1) is 5.25 Å². The van der Waals surface area contributed by atoms with Gasteiger partial charge in [-0.25, -0.2) is 17.1 Å². The van der Waals surface area contributed by atoms with Crippen molar-refractivity contribution in [1.82, 2.24) is 9.62 Å². The van der Waals surface area contributed by atoms with Gasteiger partial charge in [0.25, 0.3) is 0 Å². The Labute approximate surface area is 132 Å². The van der Waals surface area contributed by atoms with Gasteiger partial charge in [0.1, 0.15) is 5.82 Å². The summed E-state index contributed by atoms with van der Waals surface area (Å²) >= 11 is 0. The lowest BCUT2D eigenvalue weighted by atomic mass is 9.95. The van der Waals surface area contributed by atoms with Crippen LogP contribution in [0.25, 0.3) is 0 Å². The molecule has 1 fully saturated rings. The van der Waals surface area contributed by atoms with Crippen molar-refractivity contribution in [3.05, 3.63) is 35.6 Å². The van der Waals surface area contributed by atoms with Crippen LogP contribution >= 0.6 is 0 Å². The zero-order valence-electron chi connectivity index (χ0n) is 13.4. The first-order valence-electron chi connectivity index (χ1n) is 7.78. The summed E-state index contributed by atoms with van der Waals surface area (Å²) in [7, 11) is -3.18. The lowest BCUT2D eigenvalue weighted by Gasteiger charge is -2.37. The second-order valence-electron chi connectivity index (χ2n) is 6.30. The topological polar surface area (TPSA) is 49.4 Å². The van der Waals surface area contributed by atoms with Crippen LogP contribution in [0.4, 0.5) is 4.39 Å². The molecule has 6 heteroatoms. The van der Waals surface area contributed by atoms with Crippen LogP contribution in [0.3, 0.4) is 0 Å². The highest BCUT2D eigenvalue weighted by molar-refractivity contribution is 7.89. The van der Waals surface area contributed by atoms with Crippen molar-refractivity contribution >= 4 is 10.0 Å². The lowest BCUT2D eigenvalue weighted by molar-refractivity contribution is 0.218. The Bertz CT molecular complexity index is 604. The van der Waals surface area contributed by atoms with Crippen molar-refractivity contribution in [1.29, 1.82) is 0 Å². The minimum Gasteiger partial charge on any atom is -0.309 e. The molecule has 2 atom stereocenters. The molecule has 1 heterocycles. The van der Waals surface area contributed by atoms with E-state index in [9.17, 15) is 12.8 Å². The Morgan fingerprint density at radius 1 is 1.36 bits per heavy atom. The Morgan fingerprint density at radius 3 is 2.64 bits per heavy atom. The van der Waals surface area contributed by atoms with E-state index in [4.69, 9.17) is 0 Å². The molecule has 1 aromatic rings. The fourth-order valence-electron chi connectivity index (χ4n) is 2.82. The maximum atomic E-state index is 13.6. The van der Waals surface area contributed by atoms with Gasteiger partial charge in [-0.05, 0) is 32.3 Å². The number of halogens is 1. The molecule has 124 valence electrons. The third kappa shape index (κ3) is 3.86. The number of hydrogen-bond acceptors (Lipinski definition) is 3. The largest absolute Gasteiger partial charge is 0.309 e. The summed E-state index contributed by atoms with van der Waals surface area (Å²) in [4.78, 5) is 0. The third-order valence-electron chi connectivity index (χ3n) is 4.34. The Morgan fingerprint density at radius 2 is 2.05 bits per heavy atom. The molecule has 0 aliphatic carbocycles. The third-order valence-corrected chi connectivity index (χ3v) is 6.58. The average molecular weight is 328 g/mol. The Balaban J connectivity index is 1.93. The summed E-state index contributed by atoms with van der Waals surface area (Å²) in [5, 5.41) is 2.98. The van der Waals surface area contributed by atoms with E-state index in [2.05, 4.69) is 5.32 Å². The van der Waals surface area contributed by atoms with E-state index >= 15 is 0 Å². The highest BCUT2D eigenvalue weighted by Crippen LogP contribution is 2.22. The molecule has 0 saturated carbocycles. The van der Waals surface area contributed by atoms with Crippen molar-refractivity contribution < 1.29 is 12.8 Å². The summed E-state index contributed by atoms with van der Waals surface area (Å²) in [6.45, 7) is 6.99. The van der Waals surface area contributed by atoms with Crippen LogP contribution in [0.5, 0.6) is 0 Å². The van der Waals surface area contributed by atoms with Crippen LogP contribution in [-0.4, -0.2) is 37.1 Å². The normalized spacial score (nSPS) is 23.9. The number of sulfonamides is 1.